The molecule has 0 spiro atoms. The fraction of sp³-hybridized carbons (Fsp3) is 0.857. The van der Waals surface area contributed by atoms with Crippen molar-refractivity contribution in [3.8, 4) is 0 Å². The van der Waals surface area contributed by atoms with Crippen LogP contribution in [-0.4, -0.2) is 0 Å². The zero-order valence-electron chi connectivity index (χ0n) is 9.97. The van der Waals surface area contributed by atoms with Gasteiger partial charge in [-0.1, -0.05) is 52.9 Å². The second-order valence-corrected chi connectivity index (χ2v) is 5.12. The Bertz CT molecular complexity index is 139. The predicted molar refractivity (Wildman–Crippen MR) is 63.8 cm³/mol. The van der Waals surface area contributed by atoms with Gasteiger partial charge >= 0.3 is 0 Å². The molecule has 0 aromatic rings. The molecule has 3 atom stereocenters. The molecule has 0 heterocycles. The molecule has 1 saturated carbocycles. The van der Waals surface area contributed by atoms with E-state index >= 15 is 0 Å². The van der Waals surface area contributed by atoms with Gasteiger partial charge in [0, 0.05) is 0 Å². The Morgan fingerprint density at radius 1 is 1.21 bits per heavy atom. The van der Waals surface area contributed by atoms with Gasteiger partial charge in [-0.2, -0.15) is 0 Å². The Hall–Kier alpha value is 0. The van der Waals surface area contributed by atoms with Crippen LogP contribution >= 0.6 is 0 Å². The molecular weight excluding hydrogens is 168 g/mol. The van der Waals surface area contributed by atoms with Crippen molar-refractivity contribution in [3.05, 3.63) is 13.3 Å². The van der Waals surface area contributed by atoms with E-state index in [1.54, 1.807) is 0 Å². The number of unbranched alkanes of at least 4 members (excludes halogenated alkanes) is 3. The number of hydrogen-bond acceptors (Lipinski definition) is 0. The maximum atomic E-state index is 3.89. The Balaban J connectivity index is 2.11. The van der Waals surface area contributed by atoms with E-state index < -0.39 is 0 Å². The van der Waals surface area contributed by atoms with E-state index in [1.807, 2.05) is 0 Å². The van der Waals surface area contributed by atoms with Crippen molar-refractivity contribution in [2.75, 3.05) is 0 Å². The number of rotatable bonds is 5. The van der Waals surface area contributed by atoms with Crippen LogP contribution in [0.4, 0.5) is 0 Å². The van der Waals surface area contributed by atoms with Crippen LogP contribution in [0.15, 0.2) is 0 Å². The van der Waals surface area contributed by atoms with E-state index in [2.05, 4.69) is 27.2 Å². The SMILES string of the molecule is [CH2]CCCCCC1C[CH]C(C)CC1C. The highest BCUT2D eigenvalue weighted by molar-refractivity contribution is 4.86. The van der Waals surface area contributed by atoms with Crippen molar-refractivity contribution in [2.45, 2.75) is 58.8 Å². The molecular formula is C14H26. The highest BCUT2D eigenvalue weighted by Crippen LogP contribution is 2.35. The summed E-state index contributed by atoms with van der Waals surface area (Å²) in [6.45, 7) is 8.69. The van der Waals surface area contributed by atoms with Gasteiger partial charge in [-0.15, -0.1) is 0 Å². The summed E-state index contributed by atoms with van der Waals surface area (Å²) in [6.07, 6.45) is 12.0. The van der Waals surface area contributed by atoms with Crippen LogP contribution in [-0.2, 0) is 0 Å². The lowest BCUT2D eigenvalue weighted by molar-refractivity contribution is 0.235. The standard InChI is InChI=1S/C14H26/c1-4-5-6-7-8-14-10-9-12(2)11-13(14)3/h9,12-14H,1,4-8,10-11H2,2-3H3. The van der Waals surface area contributed by atoms with Crippen LogP contribution in [0.5, 0.6) is 0 Å². The summed E-state index contributed by atoms with van der Waals surface area (Å²) >= 11 is 0. The van der Waals surface area contributed by atoms with Crippen LogP contribution in [0.2, 0.25) is 0 Å². The minimum atomic E-state index is 0.862. The molecule has 0 nitrogen and oxygen atoms in total. The Kier molecular flexibility index (Phi) is 5.59. The normalized spacial score (nSPS) is 33.2. The summed E-state index contributed by atoms with van der Waals surface area (Å²) < 4.78 is 0. The topological polar surface area (TPSA) is 0 Å². The highest BCUT2D eigenvalue weighted by atomic mass is 14.3. The number of hydrogen-bond donors (Lipinski definition) is 0. The van der Waals surface area contributed by atoms with Crippen LogP contribution < -0.4 is 0 Å². The second kappa shape index (κ2) is 6.48. The monoisotopic (exact) mass is 194 g/mol. The fourth-order valence-corrected chi connectivity index (χ4v) is 2.68. The predicted octanol–water partition coefficient (Wildman–Crippen LogP) is 4.66. The average molecular weight is 194 g/mol. The molecule has 1 rings (SSSR count). The molecule has 82 valence electrons. The molecule has 1 aliphatic carbocycles. The van der Waals surface area contributed by atoms with Crippen molar-refractivity contribution >= 4 is 0 Å². The first kappa shape index (κ1) is 12.1. The van der Waals surface area contributed by atoms with E-state index in [4.69, 9.17) is 0 Å². The molecule has 14 heavy (non-hydrogen) atoms. The largest absolute Gasteiger partial charge is 0.0622 e. The molecule has 0 aliphatic heterocycles. The van der Waals surface area contributed by atoms with E-state index in [1.165, 1.54) is 38.5 Å². The first-order valence-electron chi connectivity index (χ1n) is 6.36. The first-order valence-corrected chi connectivity index (χ1v) is 6.36. The van der Waals surface area contributed by atoms with E-state index in [0.29, 0.717) is 0 Å². The van der Waals surface area contributed by atoms with E-state index in [-0.39, 0.29) is 0 Å². The molecule has 0 amide bonds. The van der Waals surface area contributed by atoms with Gasteiger partial charge in [-0.25, -0.2) is 0 Å². The lowest BCUT2D eigenvalue weighted by atomic mass is 9.73. The lowest BCUT2D eigenvalue weighted by Gasteiger charge is -2.32. The minimum Gasteiger partial charge on any atom is -0.0622 e. The van der Waals surface area contributed by atoms with Gasteiger partial charge in [0.15, 0.2) is 0 Å². The molecule has 1 fully saturated rings. The molecule has 0 saturated heterocycles. The highest BCUT2D eigenvalue weighted by Gasteiger charge is 2.24. The Morgan fingerprint density at radius 2 is 2.00 bits per heavy atom. The molecule has 2 radical (unpaired) electrons. The van der Waals surface area contributed by atoms with Crippen LogP contribution in [0, 0.1) is 31.1 Å². The van der Waals surface area contributed by atoms with Gasteiger partial charge in [0.1, 0.15) is 0 Å². The summed E-state index contributed by atoms with van der Waals surface area (Å²) in [5.74, 6) is 2.80. The average Bonchev–Trinajstić information content (AvgIpc) is 2.15. The molecule has 3 unspecified atom stereocenters. The zero-order valence-corrected chi connectivity index (χ0v) is 9.97. The molecule has 0 aromatic carbocycles. The molecule has 0 bridgehead atoms. The second-order valence-electron chi connectivity index (χ2n) is 5.12. The quantitative estimate of drug-likeness (QED) is 0.558. The van der Waals surface area contributed by atoms with Crippen molar-refractivity contribution in [3.63, 3.8) is 0 Å². The van der Waals surface area contributed by atoms with E-state index in [0.717, 1.165) is 24.2 Å². The maximum Gasteiger partial charge on any atom is -0.0355 e. The minimum absolute atomic E-state index is 0.862. The summed E-state index contributed by atoms with van der Waals surface area (Å²) in [4.78, 5) is 0. The molecule has 0 heteroatoms. The molecule has 0 aromatic heterocycles. The summed E-state index contributed by atoms with van der Waals surface area (Å²) in [5, 5.41) is 0. The van der Waals surface area contributed by atoms with Gasteiger partial charge in [-0.05, 0) is 37.0 Å². The van der Waals surface area contributed by atoms with Crippen molar-refractivity contribution in [1.82, 2.24) is 0 Å². The lowest BCUT2D eigenvalue weighted by Crippen LogP contribution is -2.21. The molecule has 0 N–H and O–H groups in total. The Morgan fingerprint density at radius 3 is 2.64 bits per heavy atom. The summed E-state index contributed by atoms with van der Waals surface area (Å²) in [6, 6.07) is 0. The Labute approximate surface area is 90.5 Å². The van der Waals surface area contributed by atoms with Crippen molar-refractivity contribution in [2.24, 2.45) is 17.8 Å². The third kappa shape index (κ3) is 4.02. The van der Waals surface area contributed by atoms with Crippen molar-refractivity contribution in [1.29, 1.82) is 0 Å². The first-order chi connectivity index (χ1) is 6.74. The third-order valence-corrected chi connectivity index (χ3v) is 3.71. The van der Waals surface area contributed by atoms with Gasteiger partial charge in [0.25, 0.3) is 0 Å². The van der Waals surface area contributed by atoms with Gasteiger partial charge in [-0.3, -0.25) is 0 Å². The molecule has 1 aliphatic rings. The summed E-state index contributed by atoms with van der Waals surface area (Å²) in [5.41, 5.74) is 0. The zero-order chi connectivity index (χ0) is 10.4. The van der Waals surface area contributed by atoms with Gasteiger partial charge < -0.3 is 0 Å². The third-order valence-electron chi connectivity index (χ3n) is 3.71. The van der Waals surface area contributed by atoms with E-state index in [9.17, 15) is 0 Å². The van der Waals surface area contributed by atoms with Gasteiger partial charge in [0.2, 0.25) is 0 Å². The van der Waals surface area contributed by atoms with Crippen LogP contribution in [0.1, 0.15) is 58.8 Å². The summed E-state index contributed by atoms with van der Waals surface area (Å²) in [7, 11) is 0. The smallest absolute Gasteiger partial charge is 0.0355 e. The van der Waals surface area contributed by atoms with Crippen LogP contribution in [0.25, 0.3) is 0 Å². The maximum absolute atomic E-state index is 3.89. The van der Waals surface area contributed by atoms with Crippen molar-refractivity contribution < 1.29 is 0 Å². The van der Waals surface area contributed by atoms with Crippen LogP contribution in [0.3, 0.4) is 0 Å². The fourth-order valence-electron chi connectivity index (χ4n) is 2.68. The van der Waals surface area contributed by atoms with Gasteiger partial charge in [0.05, 0.1) is 0 Å².